The second kappa shape index (κ2) is 5.71. The zero-order valence-electron chi connectivity index (χ0n) is 11.2. The number of likely N-dealkylation sites (tertiary alicyclic amines) is 1. The van der Waals surface area contributed by atoms with Gasteiger partial charge in [-0.3, -0.25) is 0 Å². The summed E-state index contributed by atoms with van der Waals surface area (Å²) >= 11 is 0. The smallest absolute Gasteiger partial charge is 0.0123 e. The van der Waals surface area contributed by atoms with Crippen LogP contribution in [0.25, 0.3) is 0 Å². The summed E-state index contributed by atoms with van der Waals surface area (Å²) in [5.41, 5.74) is 0. The summed E-state index contributed by atoms with van der Waals surface area (Å²) in [5.74, 6) is 1.05. The standard InChI is InChI=1S/C15H28N2/c1-2-8-15-13(5-1)6-4-11-17(15)12-9-14-7-3-10-16-14/h13-16H,1-12H2/t13-,14?,15-/m1/s1. The summed E-state index contributed by atoms with van der Waals surface area (Å²) in [4.78, 5) is 2.84. The number of rotatable bonds is 3. The molecule has 3 aliphatic rings. The van der Waals surface area contributed by atoms with Crippen molar-refractivity contribution >= 4 is 0 Å². The molecule has 0 bridgehead atoms. The molecular weight excluding hydrogens is 208 g/mol. The van der Waals surface area contributed by atoms with Crippen molar-refractivity contribution in [2.24, 2.45) is 5.92 Å². The van der Waals surface area contributed by atoms with Gasteiger partial charge in [0.1, 0.15) is 0 Å². The zero-order chi connectivity index (χ0) is 11.5. The molecule has 0 amide bonds. The van der Waals surface area contributed by atoms with Gasteiger partial charge < -0.3 is 10.2 Å². The van der Waals surface area contributed by atoms with Crippen LogP contribution in [0, 0.1) is 5.92 Å². The molecule has 1 saturated carbocycles. The molecule has 3 fully saturated rings. The first-order valence-corrected chi connectivity index (χ1v) is 7.91. The lowest BCUT2D eigenvalue weighted by atomic mass is 9.78. The van der Waals surface area contributed by atoms with Gasteiger partial charge in [0.15, 0.2) is 0 Å². The van der Waals surface area contributed by atoms with Crippen LogP contribution in [-0.4, -0.2) is 36.6 Å². The van der Waals surface area contributed by atoms with Gasteiger partial charge in [-0.25, -0.2) is 0 Å². The van der Waals surface area contributed by atoms with Crippen molar-refractivity contribution < 1.29 is 0 Å². The van der Waals surface area contributed by atoms with Crippen molar-refractivity contribution in [3.8, 4) is 0 Å². The molecule has 3 rings (SSSR count). The summed E-state index contributed by atoms with van der Waals surface area (Å²) in [6.45, 7) is 4.00. The molecule has 1 unspecified atom stereocenters. The summed E-state index contributed by atoms with van der Waals surface area (Å²) in [6, 6.07) is 1.79. The Morgan fingerprint density at radius 3 is 2.71 bits per heavy atom. The van der Waals surface area contributed by atoms with Crippen LogP contribution in [0.2, 0.25) is 0 Å². The Bertz CT molecular complexity index is 233. The Balaban J connectivity index is 1.50. The molecule has 98 valence electrons. The third-order valence-electron chi connectivity index (χ3n) is 5.29. The topological polar surface area (TPSA) is 15.3 Å². The molecule has 3 atom stereocenters. The fraction of sp³-hybridized carbons (Fsp3) is 1.00. The van der Waals surface area contributed by atoms with Crippen molar-refractivity contribution in [3.63, 3.8) is 0 Å². The monoisotopic (exact) mass is 236 g/mol. The van der Waals surface area contributed by atoms with Gasteiger partial charge in [-0.2, -0.15) is 0 Å². The number of nitrogens with zero attached hydrogens (tertiary/aromatic N) is 1. The SMILES string of the molecule is C1CNC(CCN2CCC[C@H]3CCCC[C@H]32)C1. The minimum Gasteiger partial charge on any atom is -0.314 e. The summed E-state index contributed by atoms with van der Waals surface area (Å²) in [5, 5.41) is 3.64. The van der Waals surface area contributed by atoms with E-state index in [1.54, 1.807) is 0 Å². The van der Waals surface area contributed by atoms with E-state index < -0.39 is 0 Å². The zero-order valence-corrected chi connectivity index (χ0v) is 11.2. The molecule has 2 heterocycles. The second-order valence-corrected chi connectivity index (χ2v) is 6.37. The lowest BCUT2D eigenvalue weighted by molar-refractivity contribution is 0.0582. The van der Waals surface area contributed by atoms with Crippen molar-refractivity contribution in [3.05, 3.63) is 0 Å². The molecule has 0 aromatic carbocycles. The minimum atomic E-state index is 0.832. The molecule has 2 nitrogen and oxygen atoms in total. The van der Waals surface area contributed by atoms with Gasteiger partial charge in [0, 0.05) is 12.1 Å². The highest BCUT2D eigenvalue weighted by atomic mass is 15.2. The average Bonchev–Trinajstić information content (AvgIpc) is 2.89. The first-order valence-electron chi connectivity index (χ1n) is 7.91. The van der Waals surface area contributed by atoms with E-state index in [2.05, 4.69) is 10.2 Å². The van der Waals surface area contributed by atoms with Crippen LogP contribution >= 0.6 is 0 Å². The summed E-state index contributed by atoms with van der Waals surface area (Å²) < 4.78 is 0. The van der Waals surface area contributed by atoms with Crippen LogP contribution in [0.5, 0.6) is 0 Å². The lowest BCUT2D eigenvalue weighted by Gasteiger charge is -2.44. The van der Waals surface area contributed by atoms with E-state index >= 15 is 0 Å². The van der Waals surface area contributed by atoms with Gasteiger partial charge in [0.2, 0.25) is 0 Å². The summed E-state index contributed by atoms with van der Waals surface area (Å²) in [7, 11) is 0. The highest BCUT2D eigenvalue weighted by molar-refractivity contribution is 4.88. The molecule has 1 aliphatic carbocycles. The molecule has 2 heteroatoms. The predicted molar refractivity (Wildman–Crippen MR) is 72.2 cm³/mol. The maximum absolute atomic E-state index is 3.64. The molecular formula is C15H28N2. The fourth-order valence-electron chi connectivity index (χ4n) is 4.33. The van der Waals surface area contributed by atoms with Crippen LogP contribution in [0.15, 0.2) is 0 Å². The van der Waals surface area contributed by atoms with Crippen molar-refractivity contribution in [2.75, 3.05) is 19.6 Å². The molecule has 1 N–H and O–H groups in total. The Hall–Kier alpha value is -0.0800. The quantitative estimate of drug-likeness (QED) is 0.810. The van der Waals surface area contributed by atoms with Crippen LogP contribution in [0.1, 0.15) is 57.8 Å². The van der Waals surface area contributed by atoms with E-state index in [0.29, 0.717) is 0 Å². The number of fused-ring (bicyclic) bond motifs is 1. The van der Waals surface area contributed by atoms with Gasteiger partial charge in [0.25, 0.3) is 0 Å². The predicted octanol–water partition coefficient (Wildman–Crippen LogP) is 2.78. The molecule has 2 aliphatic heterocycles. The van der Waals surface area contributed by atoms with E-state index in [1.165, 1.54) is 77.4 Å². The number of piperidine rings is 1. The Labute approximate surface area is 106 Å². The van der Waals surface area contributed by atoms with E-state index in [0.717, 1.165) is 18.0 Å². The molecule has 0 radical (unpaired) electrons. The van der Waals surface area contributed by atoms with Gasteiger partial charge in [-0.05, 0) is 70.5 Å². The van der Waals surface area contributed by atoms with Crippen molar-refractivity contribution in [1.29, 1.82) is 0 Å². The fourth-order valence-corrected chi connectivity index (χ4v) is 4.33. The third-order valence-corrected chi connectivity index (χ3v) is 5.29. The Kier molecular flexibility index (Phi) is 4.02. The number of hydrogen-bond donors (Lipinski definition) is 1. The third kappa shape index (κ3) is 2.85. The van der Waals surface area contributed by atoms with Crippen LogP contribution in [0.4, 0.5) is 0 Å². The van der Waals surface area contributed by atoms with Crippen molar-refractivity contribution in [2.45, 2.75) is 69.9 Å². The Morgan fingerprint density at radius 1 is 0.941 bits per heavy atom. The van der Waals surface area contributed by atoms with Gasteiger partial charge >= 0.3 is 0 Å². The molecule has 0 aromatic rings. The lowest BCUT2D eigenvalue weighted by Crippen LogP contribution is -2.47. The van der Waals surface area contributed by atoms with E-state index in [9.17, 15) is 0 Å². The van der Waals surface area contributed by atoms with Gasteiger partial charge in [-0.1, -0.05) is 12.8 Å². The van der Waals surface area contributed by atoms with Gasteiger partial charge in [0.05, 0.1) is 0 Å². The van der Waals surface area contributed by atoms with E-state index in [-0.39, 0.29) is 0 Å². The van der Waals surface area contributed by atoms with Crippen LogP contribution in [0.3, 0.4) is 0 Å². The second-order valence-electron chi connectivity index (χ2n) is 6.37. The maximum atomic E-state index is 3.64. The number of nitrogens with one attached hydrogen (secondary N) is 1. The molecule has 0 aromatic heterocycles. The summed E-state index contributed by atoms with van der Waals surface area (Å²) in [6.07, 6.45) is 13.2. The normalized spacial score (nSPS) is 39.2. The molecule has 0 spiro atoms. The average molecular weight is 236 g/mol. The largest absolute Gasteiger partial charge is 0.314 e. The van der Waals surface area contributed by atoms with Crippen LogP contribution in [-0.2, 0) is 0 Å². The minimum absolute atomic E-state index is 0.832. The maximum Gasteiger partial charge on any atom is 0.0123 e. The van der Waals surface area contributed by atoms with E-state index in [4.69, 9.17) is 0 Å². The molecule has 17 heavy (non-hydrogen) atoms. The highest BCUT2D eigenvalue weighted by Gasteiger charge is 2.33. The first kappa shape index (κ1) is 12.0. The van der Waals surface area contributed by atoms with Gasteiger partial charge in [-0.15, -0.1) is 0 Å². The highest BCUT2D eigenvalue weighted by Crippen LogP contribution is 2.35. The van der Waals surface area contributed by atoms with Crippen LogP contribution < -0.4 is 5.32 Å². The Morgan fingerprint density at radius 2 is 1.82 bits per heavy atom. The molecule has 2 saturated heterocycles. The van der Waals surface area contributed by atoms with Crippen molar-refractivity contribution in [1.82, 2.24) is 10.2 Å². The van der Waals surface area contributed by atoms with E-state index in [1.807, 2.05) is 0 Å². The number of hydrogen-bond acceptors (Lipinski definition) is 2. The first-order chi connectivity index (χ1) is 8.43.